The Kier molecular flexibility index (Phi) is 3.73. The molecule has 0 amide bonds. The summed E-state index contributed by atoms with van der Waals surface area (Å²) in [5.74, 6) is 0.676. The van der Waals surface area contributed by atoms with Crippen molar-refractivity contribution >= 4 is 11.4 Å². The summed E-state index contributed by atoms with van der Waals surface area (Å²) >= 11 is 0. The van der Waals surface area contributed by atoms with Crippen LogP contribution in [0.15, 0.2) is 53.1 Å². The first kappa shape index (κ1) is 14.8. The quantitative estimate of drug-likeness (QED) is 0.736. The van der Waals surface area contributed by atoms with Crippen molar-refractivity contribution in [3.05, 3.63) is 65.5 Å². The van der Waals surface area contributed by atoms with Gasteiger partial charge in [-0.1, -0.05) is 23.8 Å². The highest BCUT2D eigenvalue weighted by Crippen LogP contribution is 2.32. The largest absolute Gasteiger partial charge is 0.444 e. The third-order valence-corrected chi connectivity index (χ3v) is 4.59. The molecule has 0 unspecified atom stereocenters. The number of anilines is 2. The number of nitrogens with two attached hydrogens (primary N) is 1. The summed E-state index contributed by atoms with van der Waals surface area (Å²) in [6.45, 7) is 3.83. The molecule has 0 atom stereocenters. The fourth-order valence-corrected chi connectivity index (χ4v) is 3.30. The lowest BCUT2D eigenvalue weighted by molar-refractivity contribution is 0.571. The van der Waals surface area contributed by atoms with Crippen LogP contribution in [0, 0.1) is 6.92 Å². The number of aryl methyl sites for hydroxylation is 1. The number of nitrogen functional groups attached to an aromatic ring is 1. The highest BCUT2D eigenvalue weighted by Gasteiger charge is 2.20. The zero-order valence-corrected chi connectivity index (χ0v) is 13.8. The maximum absolute atomic E-state index is 6.13. The third kappa shape index (κ3) is 2.75. The minimum Gasteiger partial charge on any atom is -0.444 e. The van der Waals surface area contributed by atoms with Crippen molar-refractivity contribution in [1.29, 1.82) is 0 Å². The first-order chi connectivity index (χ1) is 11.7. The summed E-state index contributed by atoms with van der Waals surface area (Å²) in [7, 11) is 0. The summed E-state index contributed by atoms with van der Waals surface area (Å²) in [5.41, 5.74) is 12.7. The van der Waals surface area contributed by atoms with Crippen molar-refractivity contribution in [2.75, 3.05) is 17.2 Å². The van der Waals surface area contributed by atoms with Gasteiger partial charge in [0.15, 0.2) is 0 Å². The molecule has 4 nitrogen and oxygen atoms in total. The number of hydrogen-bond acceptors (Lipinski definition) is 4. The van der Waals surface area contributed by atoms with E-state index in [4.69, 9.17) is 10.2 Å². The van der Waals surface area contributed by atoms with E-state index in [9.17, 15) is 0 Å². The minimum absolute atomic E-state index is 0.676. The van der Waals surface area contributed by atoms with Gasteiger partial charge in [-0.05, 0) is 49.6 Å². The van der Waals surface area contributed by atoms with Crippen LogP contribution in [0.5, 0.6) is 0 Å². The summed E-state index contributed by atoms with van der Waals surface area (Å²) in [4.78, 5) is 7.00. The van der Waals surface area contributed by atoms with Crippen LogP contribution >= 0.6 is 0 Å². The molecule has 0 saturated heterocycles. The number of fused-ring (bicyclic) bond motifs is 1. The highest BCUT2D eigenvalue weighted by molar-refractivity contribution is 5.66. The van der Waals surface area contributed by atoms with Crippen LogP contribution in [0.25, 0.3) is 11.5 Å². The SMILES string of the molecule is Cc1ccc(-c2nc(CN3CCCc4c(N)cccc43)co2)cc1. The van der Waals surface area contributed by atoms with Crippen LogP contribution in [0.1, 0.15) is 23.2 Å². The predicted octanol–water partition coefficient (Wildman–Crippen LogP) is 4.19. The van der Waals surface area contributed by atoms with E-state index in [1.807, 2.05) is 24.3 Å². The van der Waals surface area contributed by atoms with Crippen molar-refractivity contribution in [3.8, 4) is 11.5 Å². The van der Waals surface area contributed by atoms with E-state index >= 15 is 0 Å². The Morgan fingerprint density at radius 2 is 2.00 bits per heavy atom. The van der Waals surface area contributed by atoms with Gasteiger partial charge in [0.05, 0.1) is 12.2 Å². The summed E-state index contributed by atoms with van der Waals surface area (Å²) in [6, 6.07) is 14.4. The maximum Gasteiger partial charge on any atom is 0.226 e. The molecule has 122 valence electrons. The molecule has 2 heterocycles. The van der Waals surface area contributed by atoms with E-state index in [1.54, 1.807) is 6.26 Å². The normalized spacial score (nSPS) is 13.8. The van der Waals surface area contributed by atoms with Gasteiger partial charge in [-0.15, -0.1) is 0 Å². The Morgan fingerprint density at radius 1 is 1.17 bits per heavy atom. The topological polar surface area (TPSA) is 55.3 Å². The Morgan fingerprint density at radius 3 is 2.83 bits per heavy atom. The second kappa shape index (κ2) is 6.04. The van der Waals surface area contributed by atoms with Gasteiger partial charge >= 0.3 is 0 Å². The molecule has 0 spiro atoms. The van der Waals surface area contributed by atoms with Gasteiger partial charge in [-0.3, -0.25) is 0 Å². The van der Waals surface area contributed by atoms with Crippen molar-refractivity contribution in [1.82, 2.24) is 4.98 Å². The molecule has 0 bridgehead atoms. The molecule has 2 aromatic carbocycles. The summed E-state index contributed by atoms with van der Waals surface area (Å²) in [5, 5.41) is 0. The van der Waals surface area contributed by atoms with Crippen LogP contribution < -0.4 is 10.6 Å². The molecule has 0 fully saturated rings. The van der Waals surface area contributed by atoms with Gasteiger partial charge < -0.3 is 15.1 Å². The summed E-state index contributed by atoms with van der Waals surface area (Å²) < 4.78 is 5.68. The van der Waals surface area contributed by atoms with E-state index in [-0.39, 0.29) is 0 Å². The monoisotopic (exact) mass is 319 g/mol. The van der Waals surface area contributed by atoms with Gasteiger partial charge in [-0.2, -0.15) is 0 Å². The number of hydrogen-bond donors (Lipinski definition) is 1. The number of benzene rings is 2. The van der Waals surface area contributed by atoms with Crippen molar-refractivity contribution in [3.63, 3.8) is 0 Å². The second-order valence-electron chi connectivity index (χ2n) is 6.38. The van der Waals surface area contributed by atoms with E-state index in [0.717, 1.165) is 42.9 Å². The number of aromatic nitrogens is 1. The lowest BCUT2D eigenvalue weighted by atomic mass is 10.00. The smallest absolute Gasteiger partial charge is 0.226 e. The summed E-state index contributed by atoms with van der Waals surface area (Å²) in [6.07, 6.45) is 3.92. The van der Waals surface area contributed by atoms with Crippen molar-refractivity contribution in [2.24, 2.45) is 0 Å². The van der Waals surface area contributed by atoms with Crippen LogP contribution in [-0.2, 0) is 13.0 Å². The fraction of sp³-hybridized carbons (Fsp3) is 0.250. The minimum atomic E-state index is 0.676. The molecule has 0 radical (unpaired) electrons. The number of nitrogens with zero attached hydrogens (tertiary/aromatic N) is 2. The standard InChI is InChI=1S/C20H21N3O/c1-14-7-9-15(10-8-14)20-22-16(13-24-20)12-23-11-3-4-17-18(21)5-2-6-19(17)23/h2,5-10,13H,3-4,11-12,21H2,1H3. The van der Waals surface area contributed by atoms with Crippen molar-refractivity contribution < 1.29 is 4.42 Å². The van der Waals surface area contributed by atoms with E-state index < -0.39 is 0 Å². The molecule has 0 aliphatic carbocycles. The first-order valence-corrected chi connectivity index (χ1v) is 8.34. The number of oxazole rings is 1. The van der Waals surface area contributed by atoms with Gasteiger partial charge in [0.2, 0.25) is 5.89 Å². The molecule has 4 rings (SSSR count). The van der Waals surface area contributed by atoms with Crippen LogP contribution in [0.3, 0.4) is 0 Å². The number of rotatable bonds is 3. The zero-order chi connectivity index (χ0) is 16.5. The average Bonchev–Trinajstić information content (AvgIpc) is 3.05. The van der Waals surface area contributed by atoms with Gasteiger partial charge in [-0.25, -0.2) is 4.98 Å². The van der Waals surface area contributed by atoms with Gasteiger partial charge in [0.25, 0.3) is 0 Å². The second-order valence-corrected chi connectivity index (χ2v) is 6.38. The highest BCUT2D eigenvalue weighted by atomic mass is 16.3. The zero-order valence-electron chi connectivity index (χ0n) is 13.8. The third-order valence-electron chi connectivity index (χ3n) is 4.59. The van der Waals surface area contributed by atoms with Crippen LogP contribution in [0.2, 0.25) is 0 Å². The lowest BCUT2D eigenvalue weighted by Crippen LogP contribution is -2.29. The van der Waals surface area contributed by atoms with Crippen molar-refractivity contribution in [2.45, 2.75) is 26.3 Å². The van der Waals surface area contributed by atoms with Gasteiger partial charge in [0, 0.05) is 23.5 Å². The predicted molar refractivity (Wildman–Crippen MR) is 96.9 cm³/mol. The Balaban J connectivity index is 1.57. The molecule has 1 aliphatic rings. The van der Waals surface area contributed by atoms with Crippen LogP contribution in [0.4, 0.5) is 11.4 Å². The molecular formula is C20H21N3O. The Bertz CT molecular complexity index is 852. The van der Waals surface area contributed by atoms with Gasteiger partial charge in [0.1, 0.15) is 6.26 Å². The maximum atomic E-state index is 6.13. The lowest BCUT2D eigenvalue weighted by Gasteiger charge is -2.31. The molecule has 3 aromatic rings. The molecular weight excluding hydrogens is 298 g/mol. The first-order valence-electron chi connectivity index (χ1n) is 8.34. The molecule has 1 aromatic heterocycles. The molecule has 4 heteroatoms. The Labute approximate surface area is 141 Å². The van der Waals surface area contributed by atoms with E-state index in [1.165, 1.54) is 16.8 Å². The fourth-order valence-electron chi connectivity index (χ4n) is 3.30. The molecule has 1 aliphatic heterocycles. The Hall–Kier alpha value is -2.75. The molecule has 0 saturated carbocycles. The van der Waals surface area contributed by atoms with Crippen LogP contribution in [-0.4, -0.2) is 11.5 Å². The molecule has 2 N–H and O–H groups in total. The molecule has 24 heavy (non-hydrogen) atoms. The van der Waals surface area contributed by atoms with E-state index in [2.05, 4.69) is 35.0 Å². The average molecular weight is 319 g/mol. The van der Waals surface area contributed by atoms with E-state index in [0.29, 0.717) is 5.89 Å².